The lowest BCUT2D eigenvalue weighted by Gasteiger charge is -2.27. The van der Waals surface area contributed by atoms with Gasteiger partial charge in [0.05, 0.1) is 17.8 Å². The SMILES string of the molecule is Nc1cc(F)cc(C(=O)N2CCn3cnnc3C2)c1F. The number of aromatic nitrogens is 3. The van der Waals surface area contributed by atoms with Crippen molar-refractivity contribution in [3.8, 4) is 0 Å². The van der Waals surface area contributed by atoms with E-state index in [4.69, 9.17) is 5.73 Å². The first-order valence-corrected chi connectivity index (χ1v) is 5.96. The maximum Gasteiger partial charge on any atom is 0.257 e. The van der Waals surface area contributed by atoms with Crippen LogP contribution in [-0.2, 0) is 13.1 Å². The lowest BCUT2D eigenvalue weighted by molar-refractivity contribution is 0.0702. The van der Waals surface area contributed by atoms with Crippen LogP contribution in [0, 0.1) is 11.6 Å². The van der Waals surface area contributed by atoms with Crippen LogP contribution in [0.4, 0.5) is 14.5 Å². The van der Waals surface area contributed by atoms with Gasteiger partial charge in [0, 0.05) is 13.1 Å². The molecule has 1 aromatic heterocycles. The van der Waals surface area contributed by atoms with E-state index in [1.807, 2.05) is 0 Å². The highest BCUT2D eigenvalue weighted by molar-refractivity contribution is 5.95. The fourth-order valence-corrected chi connectivity index (χ4v) is 2.18. The molecule has 0 bridgehead atoms. The molecule has 2 heterocycles. The van der Waals surface area contributed by atoms with Gasteiger partial charge in [-0.05, 0) is 12.1 Å². The molecule has 1 aromatic carbocycles. The molecule has 1 aliphatic rings. The normalized spacial score (nSPS) is 14.2. The van der Waals surface area contributed by atoms with Gasteiger partial charge in [-0.15, -0.1) is 10.2 Å². The number of nitrogens with zero attached hydrogens (tertiary/aromatic N) is 4. The topological polar surface area (TPSA) is 77.0 Å². The molecule has 0 saturated carbocycles. The van der Waals surface area contributed by atoms with Crippen molar-refractivity contribution >= 4 is 11.6 Å². The van der Waals surface area contributed by atoms with Gasteiger partial charge >= 0.3 is 0 Å². The van der Waals surface area contributed by atoms with Crippen molar-refractivity contribution in [3.05, 3.63) is 41.5 Å². The van der Waals surface area contributed by atoms with E-state index in [1.54, 1.807) is 10.9 Å². The number of hydrogen-bond acceptors (Lipinski definition) is 4. The van der Waals surface area contributed by atoms with E-state index in [2.05, 4.69) is 10.2 Å². The highest BCUT2D eigenvalue weighted by Gasteiger charge is 2.26. The first-order chi connectivity index (χ1) is 9.56. The molecule has 6 nitrogen and oxygen atoms in total. The van der Waals surface area contributed by atoms with Crippen LogP contribution in [0.15, 0.2) is 18.5 Å². The summed E-state index contributed by atoms with van der Waals surface area (Å²) in [5.41, 5.74) is 4.59. The molecule has 3 rings (SSSR count). The molecular formula is C12H11F2N5O. The van der Waals surface area contributed by atoms with Crippen molar-refractivity contribution in [2.24, 2.45) is 0 Å². The molecule has 0 aliphatic carbocycles. The molecule has 1 aliphatic heterocycles. The van der Waals surface area contributed by atoms with Gasteiger partial charge in [0.15, 0.2) is 11.6 Å². The van der Waals surface area contributed by atoms with E-state index < -0.39 is 17.5 Å². The average Bonchev–Trinajstić information content (AvgIpc) is 2.89. The Balaban J connectivity index is 1.91. The van der Waals surface area contributed by atoms with Crippen LogP contribution in [0.3, 0.4) is 0 Å². The van der Waals surface area contributed by atoms with Crippen molar-refractivity contribution in [1.29, 1.82) is 0 Å². The Kier molecular flexibility index (Phi) is 2.85. The molecule has 8 heteroatoms. The van der Waals surface area contributed by atoms with Gasteiger partial charge in [0.2, 0.25) is 0 Å². The first-order valence-electron chi connectivity index (χ1n) is 5.96. The van der Waals surface area contributed by atoms with Crippen molar-refractivity contribution in [2.75, 3.05) is 12.3 Å². The van der Waals surface area contributed by atoms with E-state index in [0.717, 1.165) is 12.1 Å². The largest absolute Gasteiger partial charge is 0.396 e. The van der Waals surface area contributed by atoms with Crippen LogP contribution >= 0.6 is 0 Å². The molecule has 20 heavy (non-hydrogen) atoms. The summed E-state index contributed by atoms with van der Waals surface area (Å²) in [6.07, 6.45) is 1.57. The highest BCUT2D eigenvalue weighted by Crippen LogP contribution is 2.21. The van der Waals surface area contributed by atoms with Crippen LogP contribution in [0.25, 0.3) is 0 Å². The molecule has 0 fully saturated rings. The molecule has 0 spiro atoms. The summed E-state index contributed by atoms with van der Waals surface area (Å²) in [5.74, 6) is -1.65. The molecule has 2 aromatic rings. The monoisotopic (exact) mass is 279 g/mol. The number of benzene rings is 1. The van der Waals surface area contributed by atoms with Crippen molar-refractivity contribution < 1.29 is 13.6 Å². The Morgan fingerprint density at radius 2 is 2.10 bits per heavy atom. The number of carbonyl (C=O) groups excluding carboxylic acids is 1. The maximum absolute atomic E-state index is 13.9. The third kappa shape index (κ3) is 1.98. The van der Waals surface area contributed by atoms with Crippen LogP contribution in [0.1, 0.15) is 16.2 Å². The second kappa shape index (κ2) is 4.55. The number of anilines is 1. The van der Waals surface area contributed by atoms with Gasteiger partial charge in [0.25, 0.3) is 5.91 Å². The van der Waals surface area contributed by atoms with Crippen LogP contribution < -0.4 is 5.73 Å². The highest BCUT2D eigenvalue weighted by atomic mass is 19.1. The minimum absolute atomic E-state index is 0.203. The molecule has 2 N–H and O–H groups in total. The minimum atomic E-state index is -0.900. The molecule has 0 unspecified atom stereocenters. The Bertz CT molecular complexity index is 684. The number of amides is 1. The number of nitrogen functional groups attached to an aromatic ring is 1. The number of nitrogens with two attached hydrogens (primary N) is 1. The Hall–Kier alpha value is -2.51. The lowest BCUT2D eigenvalue weighted by atomic mass is 10.1. The Labute approximate surface area is 112 Å². The summed E-state index contributed by atoms with van der Waals surface area (Å²) in [5, 5.41) is 7.60. The van der Waals surface area contributed by atoms with Gasteiger partial charge in [-0.1, -0.05) is 0 Å². The minimum Gasteiger partial charge on any atom is -0.396 e. The predicted molar refractivity (Wildman–Crippen MR) is 65.5 cm³/mol. The number of hydrogen-bond donors (Lipinski definition) is 1. The Morgan fingerprint density at radius 3 is 2.90 bits per heavy atom. The number of carbonyl (C=O) groups is 1. The number of fused-ring (bicyclic) bond motifs is 1. The maximum atomic E-state index is 13.9. The zero-order chi connectivity index (χ0) is 14.3. The summed E-state index contributed by atoms with van der Waals surface area (Å²) in [6, 6.07) is 1.70. The third-order valence-electron chi connectivity index (χ3n) is 3.22. The summed E-state index contributed by atoms with van der Waals surface area (Å²) in [7, 11) is 0. The zero-order valence-electron chi connectivity index (χ0n) is 10.4. The number of rotatable bonds is 1. The Morgan fingerprint density at radius 1 is 1.30 bits per heavy atom. The number of halogens is 2. The summed E-state index contributed by atoms with van der Waals surface area (Å²) in [6.45, 7) is 1.09. The van der Waals surface area contributed by atoms with E-state index in [1.165, 1.54) is 4.90 Å². The quantitative estimate of drug-likeness (QED) is 0.783. The van der Waals surface area contributed by atoms with Crippen molar-refractivity contribution in [1.82, 2.24) is 19.7 Å². The summed E-state index contributed by atoms with van der Waals surface area (Å²) < 4.78 is 28.9. The second-order valence-electron chi connectivity index (χ2n) is 4.52. The molecular weight excluding hydrogens is 268 g/mol. The van der Waals surface area contributed by atoms with Crippen molar-refractivity contribution in [2.45, 2.75) is 13.1 Å². The predicted octanol–water partition coefficient (Wildman–Crippen LogP) is 0.795. The molecule has 1 amide bonds. The molecule has 104 valence electrons. The van der Waals surface area contributed by atoms with Gasteiger partial charge in [-0.2, -0.15) is 0 Å². The molecule has 0 saturated heterocycles. The van der Waals surface area contributed by atoms with E-state index in [0.29, 0.717) is 18.9 Å². The van der Waals surface area contributed by atoms with Crippen molar-refractivity contribution in [3.63, 3.8) is 0 Å². The zero-order valence-corrected chi connectivity index (χ0v) is 10.4. The second-order valence-corrected chi connectivity index (χ2v) is 4.52. The van der Waals surface area contributed by atoms with Crippen LogP contribution in [-0.4, -0.2) is 32.1 Å². The standard InChI is InChI=1S/C12H11F2N5O/c13-7-3-8(11(14)9(15)4-7)12(20)18-1-2-19-6-16-17-10(19)5-18/h3-4,6H,1-2,5,15H2. The first kappa shape index (κ1) is 12.5. The third-order valence-corrected chi connectivity index (χ3v) is 3.22. The van der Waals surface area contributed by atoms with Crippen LogP contribution in [0.5, 0.6) is 0 Å². The van der Waals surface area contributed by atoms with E-state index in [-0.39, 0.29) is 17.8 Å². The average molecular weight is 279 g/mol. The van der Waals surface area contributed by atoms with Gasteiger partial charge < -0.3 is 15.2 Å². The van der Waals surface area contributed by atoms with E-state index >= 15 is 0 Å². The van der Waals surface area contributed by atoms with Crippen LogP contribution in [0.2, 0.25) is 0 Å². The lowest BCUT2D eigenvalue weighted by Crippen LogP contribution is -2.38. The van der Waals surface area contributed by atoms with Gasteiger partial charge in [0.1, 0.15) is 12.1 Å². The molecule has 0 atom stereocenters. The summed E-state index contributed by atoms with van der Waals surface area (Å²) >= 11 is 0. The smallest absolute Gasteiger partial charge is 0.257 e. The fourth-order valence-electron chi connectivity index (χ4n) is 2.18. The van der Waals surface area contributed by atoms with E-state index in [9.17, 15) is 13.6 Å². The van der Waals surface area contributed by atoms with Gasteiger partial charge in [-0.3, -0.25) is 4.79 Å². The van der Waals surface area contributed by atoms with Gasteiger partial charge in [-0.25, -0.2) is 8.78 Å². The molecule has 0 radical (unpaired) electrons. The fraction of sp³-hybridized carbons (Fsp3) is 0.250. The summed E-state index contributed by atoms with van der Waals surface area (Å²) in [4.78, 5) is 13.7.